The Bertz CT molecular complexity index is 948. The average Bonchev–Trinajstić information content (AvgIpc) is 2.55. The van der Waals surface area contributed by atoms with E-state index in [0.29, 0.717) is 17.8 Å². The molecule has 6 heteroatoms. The van der Waals surface area contributed by atoms with Gasteiger partial charge in [-0.2, -0.15) is 0 Å². The largest absolute Gasteiger partial charge is 0.357 e. The molecule has 2 aromatic rings. The van der Waals surface area contributed by atoms with Gasteiger partial charge in [0.25, 0.3) is 10.0 Å². The molecule has 136 valence electrons. The molecule has 3 rings (SSSR count). The molecule has 26 heavy (non-hydrogen) atoms. The van der Waals surface area contributed by atoms with Crippen molar-refractivity contribution in [3.8, 4) is 0 Å². The van der Waals surface area contributed by atoms with E-state index in [1.54, 1.807) is 54.6 Å². The second-order valence-corrected chi connectivity index (χ2v) is 8.93. The first-order valence-electron chi connectivity index (χ1n) is 8.43. The number of ketones is 1. The Kier molecular flexibility index (Phi) is 4.87. The number of allylic oxidation sites excluding steroid dienone is 2. The molecule has 0 fully saturated rings. The lowest BCUT2D eigenvalue weighted by Crippen LogP contribution is -2.24. The molecule has 1 aliphatic carbocycles. The normalized spacial score (nSPS) is 16.7. The number of anilines is 2. The first-order valence-corrected chi connectivity index (χ1v) is 9.91. The second-order valence-electron chi connectivity index (χ2n) is 7.24. The van der Waals surface area contributed by atoms with Crippen molar-refractivity contribution in [2.24, 2.45) is 5.41 Å². The summed E-state index contributed by atoms with van der Waals surface area (Å²) in [6.07, 6.45) is 2.84. The topological polar surface area (TPSA) is 75.3 Å². The summed E-state index contributed by atoms with van der Waals surface area (Å²) in [5.41, 5.74) is 1.72. The minimum atomic E-state index is -3.69. The van der Waals surface area contributed by atoms with Crippen LogP contribution in [0.1, 0.15) is 26.7 Å². The fourth-order valence-corrected chi connectivity index (χ4v) is 4.18. The lowest BCUT2D eigenvalue weighted by molar-refractivity contribution is -0.117. The highest BCUT2D eigenvalue weighted by molar-refractivity contribution is 7.92. The number of para-hydroxylation sites is 2. The SMILES string of the molecule is CC1(C)CC(=O)C=C(Nc2ccccc2NS(=O)(=O)c2ccccc2)C1. The van der Waals surface area contributed by atoms with E-state index < -0.39 is 10.0 Å². The number of carbonyl (C=O) groups excluding carboxylic acids is 1. The van der Waals surface area contributed by atoms with Gasteiger partial charge in [-0.05, 0) is 36.1 Å². The molecule has 0 amide bonds. The van der Waals surface area contributed by atoms with Crippen molar-refractivity contribution in [3.63, 3.8) is 0 Å². The summed E-state index contributed by atoms with van der Waals surface area (Å²) in [4.78, 5) is 12.1. The van der Waals surface area contributed by atoms with E-state index in [2.05, 4.69) is 10.0 Å². The highest BCUT2D eigenvalue weighted by Crippen LogP contribution is 2.35. The number of hydrogen-bond acceptors (Lipinski definition) is 4. The fraction of sp³-hybridized carbons (Fsp3) is 0.250. The van der Waals surface area contributed by atoms with Crippen LogP contribution in [-0.4, -0.2) is 14.2 Å². The molecule has 0 radical (unpaired) electrons. The Morgan fingerprint density at radius 1 is 0.885 bits per heavy atom. The zero-order valence-corrected chi connectivity index (χ0v) is 15.6. The fourth-order valence-electron chi connectivity index (χ4n) is 3.08. The van der Waals surface area contributed by atoms with Crippen LogP contribution in [0, 0.1) is 5.41 Å². The molecular formula is C20H22N2O3S. The number of hydrogen-bond donors (Lipinski definition) is 2. The number of nitrogens with one attached hydrogen (secondary N) is 2. The van der Waals surface area contributed by atoms with Crippen LogP contribution in [0.15, 0.2) is 71.3 Å². The third-order valence-electron chi connectivity index (χ3n) is 4.18. The Balaban J connectivity index is 1.87. The van der Waals surface area contributed by atoms with Crippen LogP contribution in [0.3, 0.4) is 0 Å². The van der Waals surface area contributed by atoms with Gasteiger partial charge in [0.2, 0.25) is 0 Å². The Labute approximate surface area is 154 Å². The molecule has 2 N–H and O–H groups in total. The predicted octanol–water partition coefficient (Wildman–Crippen LogP) is 4.17. The molecule has 0 heterocycles. The first kappa shape index (κ1) is 18.2. The summed E-state index contributed by atoms with van der Waals surface area (Å²) in [6.45, 7) is 4.09. The van der Waals surface area contributed by atoms with Crippen LogP contribution in [0.25, 0.3) is 0 Å². The zero-order valence-electron chi connectivity index (χ0n) is 14.8. The second kappa shape index (κ2) is 6.96. The van der Waals surface area contributed by atoms with Crippen LogP contribution in [-0.2, 0) is 14.8 Å². The molecular weight excluding hydrogens is 348 g/mol. The summed E-state index contributed by atoms with van der Waals surface area (Å²) < 4.78 is 27.8. The van der Waals surface area contributed by atoms with Crippen LogP contribution < -0.4 is 10.0 Å². The summed E-state index contributed by atoms with van der Waals surface area (Å²) in [7, 11) is -3.69. The van der Waals surface area contributed by atoms with Gasteiger partial charge in [0.1, 0.15) is 0 Å². The van der Waals surface area contributed by atoms with Crippen LogP contribution in [0.2, 0.25) is 0 Å². The molecule has 1 aliphatic rings. The van der Waals surface area contributed by atoms with Crippen molar-refractivity contribution in [3.05, 3.63) is 66.4 Å². The Hall–Kier alpha value is -2.60. The smallest absolute Gasteiger partial charge is 0.261 e. The quantitative estimate of drug-likeness (QED) is 0.828. The summed E-state index contributed by atoms with van der Waals surface area (Å²) in [5.74, 6) is 0.0751. The maximum absolute atomic E-state index is 12.6. The van der Waals surface area contributed by atoms with Gasteiger partial charge in [-0.15, -0.1) is 0 Å². The van der Waals surface area contributed by atoms with Crippen molar-refractivity contribution in [2.75, 3.05) is 10.0 Å². The van der Waals surface area contributed by atoms with E-state index in [1.165, 1.54) is 0 Å². The number of carbonyl (C=O) groups is 1. The van der Waals surface area contributed by atoms with E-state index in [4.69, 9.17) is 0 Å². The molecule has 2 aromatic carbocycles. The number of sulfonamides is 1. The molecule has 0 saturated carbocycles. The molecule has 0 spiro atoms. The van der Waals surface area contributed by atoms with Crippen LogP contribution >= 0.6 is 0 Å². The van der Waals surface area contributed by atoms with Gasteiger partial charge in [0, 0.05) is 18.2 Å². The molecule has 0 aliphatic heterocycles. The summed E-state index contributed by atoms with van der Waals surface area (Å²) >= 11 is 0. The molecule has 0 unspecified atom stereocenters. The molecule has 5 nitrogen and oxygen atoms in total. The average molecular weight is 370 g/mol. The summed E-state index contributed by atoms with van der Waals surface area (Å²) in [6, 6.07) is 15.3. The van der Waals surface area contributed by atoms with Crippen LogP contribution in [0.5, 0.6) is 0 Å². The van der Waals surface area contributed by atoms with Gasteiger partial charge >= 0.3 is 0 Å². The number of benzene rings is 2. The maximum atomic E-state index is 12.6. The van der Waals surface area contributed by atoms with Crippen LogP contribution in [0.4, 0.5) is 11.4 Å². The summed E-state index contributed by atoms with van der Waals surface area (Å²) in [5, 5.41) is 3.22. The highest BCUT2D eigenvalue weighted by atomic mass is 32.2. The lowest BCUT2D eigenvalue weighted by atomic mass is 9.79. The van der Waals surface area contributed by atoms with Crippen molar-refractivity contribution >= 4 is 27.2 Å². The third kappa shape index (κ3) is 4.32. The molecule has 0 aromatic heterocycles. The highest BCUT2D eigenvalue weighted by Gasteiger charge is 2.28. The van der Waals surface area contributed by atoms with Gasteiger partial charge in [-0.3, -0.25) is 9.52 Å². The van der Waals surface area contributed by atoms with E-state index in [9.17, 15) is 13.2 Å². The van der Waals surface area contributed by atoms with Gasteiger partial charge < -0.3 is 5.32 Å². The van der Waals surface area contributed by atoms with Gasteiger partial charge in [0.15, 0.2) is 5.78 Å². The Morgan fingerprint density at radius 2 is 1.50 bits per heavy atom. The van der Waals surface area contributed by atoms with Gasteiger partial charge in [-0.25, -0.2) is 8.42 Å². The predicted molar refractivity (Wildman–Crippen MR) is 103 cm³/mol. The van der Waals surface area contributed by atoms with E-state index in [0.717, 1.165) is 12.1 Å². The third-order valence-corrected chi connectivity index (χ3v) is 5.56. The van der Waals surface area contributed by atoms with Gasteiger partial charge in [0.05, 0.1) is 16.3 Å². The first-order chi connectivity index (χ1) is 12.3. The van der Waals surface area contributed by atoms with E-state index >= 15 is 0 Å². The van der Waals surface area contributed by atoms with Crippen molar-refractivity contribution in [1.29, 1.82) is 0 Å². The minimum Gasteiger partial charge on any atom is -0.357 e. The monoisotopic (exact) mass is 370 g/mol. The molecule has 0 bridgehead atoms. The van der Waals surface area contributed by atoms with Gasteiger partial charge in [-0.1, -0.05) is 44.2 Å². The number of rotatable bonds is 5. The zero-order chi connectivity index (χ0) is 18.8. The lowest BCUT2D eigenvalue weighted by Gasteiger charge is -2.29. The van der Waals surface area contributed by atoms with Crippen molar-refractivity contribution < 1.29 is 13.2 Å². The standard InChI is InChI=1S/C20H22N2O3S/c1-20(2)13-15(12-16(23)14-20)21-18-10-6-7-11-19(18)22-26(24,25)17-8-4-3-5-9-17/h3-12,21-22H,13-14H2,1-2H3. The van der Waals surface area contributed by atoms with Crippen molar-refractivity contribution in [1.82, 2.24) is 0 Å². The maximum Gasteiger partial charge on any atom is 0.261 e. The van der Waals surface area contributed by atoms with E-state index in [1.807, 2.05) is 19.9 Å². The Morgan fingerprint density at radius 3 is 2.15 bits per heavy atom. The molecule has 0 atom stereocenters. The minimum absolute atomic E-state index is 0.0751. The van der Waals surface area contributed by atoms with E-state index in [-0.39, 0.29) is 16.1 Å². The molecule has 0 saturated heterocycles. The van der Waals surface area contributed by atoms with Crippen molar-refractivity contribution in [2.45, 2.75) is 31.6 Å².